The number of amides is 1. The third kappa shape index (κ3) is 4.64. The number of methoxy groups -OCH3 is 1. The second-order valence-electron chi connectivity index (χ2n) is 9.12. The smallest absolute Gasteiger partial charge is 0.248 e. The predicted molar refractivity (Wildman–Crippen MR) is 149 cm³/mol. The monoisotopic (exact) mass is 489 g/mol. The van der Waals surface area contributed by atoms with Crippen LogP contribution >= 0.6 is 0 Å². The van der Waals surface area contributed by atoms with Gasteiger partial charge in [0.05, 0.1) is 13.4 Å². The van der Waals surface area contributed by atoms with E-state index in [-0.39, 0.29) is 11.7 Å². The van der Waals surface area contributed by atoms with Crippen LogP contribution < -0.4 is 10.1 Å². The summed E-state index contributed by atoms with van der Waals surface area (Å²) in [5.41, 5.74) is 6.31. The van der Waals surface area contributed by atoms with Gasteiger partial charge in [-0.25, -0.2) is 0 Å². The van der Waals surface area contributed by atoms with Crippen LogP contribution in [0.4, 0.5) is 5.69 Å². The minimum absolute atomic E-state index is 0.0568. The Morgan fingerprint density at radius 1 is 0.919 bits per heavy atom. The first-order chi connectivity index (χ1) is 17.9. The Kier molecular flexibility index (Phi) is 6.36. The van der Waals surface area contributed by atoms with E-state index in [2.05, 4.69) is 35.6 Å². The number of aryl methyl sites for hydroxylation is 1. The normalized spacial score (nSPS) is 11.6. The van der Waals surface area contributed by atoms with Crippen molar-refractivity contribution in [2.45, 2.75) is 20.8 Å². The van der Waals surface area contributed by atoms with Crippen molar-refractivity contribution in [1.82, 2.24) is 0 Å². The molecule has 0 aliphatic carbocycles. The number of ether oxygens (including phenoxy) is 1. The second kappa shape index (κ2) is 9.78. The number of fused-ring (bicyclic) bond motifs is 2. The molecule has 1 amide bonds. The molecule has 0 aliphatic rings. The number of Topliss-reactive ketones (excluding diaryl/α,β-unsaturated/α-hetero) is 1. The fourth-order valence-corrected chi connectivity index (χ4v) is 4.72. The minimum atomic E-state index is -0.292. The van der Waals surface area contributed by atoms with Gasteiger partial charge in [-0.2, -0.15) is 0 Å². The van der Waals surface area contributed by atoms with E-state index in [4.69, 9.17) is 9.15 Å². The first-order valence-corrected chi connectivity index (χ1v) is 12.0. The highest BCUT2D eigenvalue weighted by atomic mass is 16.5. The predicted octanol–water partition coefficient (Wildman–Crippen LogP) is 7.81. The average molecular weight is 490 g/mol. The van der Waals surface area contributed by atoms with Gasteiger partial charge in [0.1, 0.15) is 11.3 Å². The van der Waals surface area contributed by atoms with Crippen LogP contribution in [-0.4, -0.2) is 18.8 Å². The van der Waals surface area contributed by atoms with Crippen molar-refractivity contribution in [3.05, 3.63) is 102 Å². The molecule has 5 nitrogen and oxygen atoms in total. The molecule has 0 fully saturated rings. The molecule has 37 heavy (non-hydrogen) atoms. The summed E-state index contributed by atoms with van der Waals surface area (Å²) in [5.74, 6) is 0.311. The van der Waals surface area contributed by atoms with Crippen molar-refractivity contribution in [3.8, 4) is 16.9 Å². The van der Waals surface area contributed by atoms with Gasteiger partial charge >= 0.3 is 0 Å². The Morgan fingerprint density at radius 2 is 1.70 bits per heavy atom. The Labute approximate surface area is 215 Å². The van der Waals surface area contributed by atoms with E-state index < -0.39 is 0 Å². The van der Waals surface area contributed by atoms with Crippen molar-refractivity contribution in [3.63, 3.8) is 0 Å². The van der Waals surface area contributed by atoms with Crippen LogP contribution in [0.3, 0.4) is 0 Å². The summed E-state index contributed by atoms with van der Waals surface area (Å²) in [5, 5.41) is 6.13. The van der Waals surface area contributed by atoms with Gasteiger partial charge in [0.25, 0.3) is 0 Å². The van der Waals surface area contributed by atoms with E-state index >= 15 is 0 Å². The highest BCUT2D eigenvalue weighted by molar-refractivity contribution is 6.07. The number of carbonyl (C=O) groups is 2. The topological polar surface area (TPSA) is 68.5 Å². The lowest BCUT2D eigenvalue weighted by Gasteiger charge is -2.13. The molecule has 5 aromatic rings. The largest absolute Gasteiger partial charge is 0.496 e. The van der Waals surface area contributed by atoms with E-state index in [1.807, 2.05) is 32.0 Å². The first-order valence-electron chi connectivity index (χ1n) is 12.0. The third-order valence-corrected chi connectivity index (χ3v) is 6.62. The molecule has 5 heteroatoms. The lowest BCUT2D eigenvalue weighted by molar-refractivity contribution is -0.111. The fourth-order valence-electron chi connectivity index (χ4n) is 4.72. The summed E-state index contributed by atoms with van der Waals surface area (Å²) >= 11 is 0. The summed E-state index contributed by atoms with van der Waals surface area (Å²) in [6, 6.07) is 23.5. The van der Waals surface area contributed by atoms with Gasteiger partial charge in [0.15, 0.2) is 5.78 Å². The van der Waals surface area contributed by atoms with Crippen molar-refractivity contribution in [1.29, 1.82) is 0 Å². The molecular formula is C32H27NO4. The fraction of sp³-hybridized carbons (Fsp3) is 0.125. The number of hydrogen-bond donors (Lipinski definition) is 1. The lowest BCUT2D eigenvalue weighted by Crippen LogP contribution is -2.09. The Hall–Kier alpha value is -4.64. The lowest BCUT2D eigenvalue weighted by atomic mass is 9.95. The van der Waals surface area contributed by atoms with Crippen LogP contribution in [0.5, 0.6) is 5.75 Å². The van der Waals surface area contributed by atoms with Crippen LogP contribution in [0.25, 0.3) is 38.4 Å². The molecule has 5 rings (SSSR count). The Balaban J connectivity index is 1.55. The average Bonchev–Trinajstić information content (AvgIpc) is 3.32. The molecule has 0 saturated heterocycles. The number of ketones is 1. The quantitative estimate of drug-likeness (QED) is 0.195. The minimum Gasteiger partial charge on any atom is -0.496 e. The number of nitrogens with one attached hydrogen (secondary N) is 1. The van der Waals surface area contributed by atoms with Crippen molar-refractivity contribution >= 4 is 44.7 Å². The molecule has 1 heterocycles. The number of hydrogen-bond acceptors (Lipinski definition) is 4. The zero-order valence-corrected chi connectivity index (χ0v) is 21.2. The molecule has 0 aliphatic heterocycles. The summed E-state index contributed by atoms with van der Waals surface area (Å²) in [7, 11) is 1.62. The van der Waals surface area contributed by atoms with Gasteiger partial charge in [-0.3, -0.25) is 9.59 Å². The maximum absolute atomic E-state index is 12.9. The van der Waals surface area contributed by atoms with Gasteiger partial charge in [0, 0.05) is 39.4 Å². The van der Waals surface area contributed by atoms with Crippen molar-refractivity contribution < 1.29 is 18.7 Å². The number of carbonyl (C=O) groups excluding carboxylic acids is 2. The van der Waals surface area contributed by atoms with E-state index in [9.17, 15) is 9.59 Å². The molecule has 0 unspecified atom stereocenters. The number of rotatable bonds is 6. The Bertz CT molecular complexity index is 1710. The number of furan rings is 1. The van der Waals surface area contributed by atoms with Crippen molar-refractivity contribution in [2.75, 3.05) is 12.4 Å². The maximum Gasteiger partial charge on any atom is 0.248 e. The third-order valence-electron chi connectivity index (χ3n) is 6.62. The zero-order valence-electron chi connectivity index (χ0n) is 21.2. The highest BCUT2D eigenvalue weighted by Gasteiger charge is 2.19. The Morgan fingerprint density at radius 3 is 2.46 bits per heavy atom. The summed E-state index contributed by atoms with van der Waals surface area (Å²) < 4.78 is 11.8. The molecule has 0 saturated carbocycles. The van der Waals surface area contributed by atoms with Gasteiger partial charge < -0.3 is 14.5 Å². The van der Waals surface area contributed by atoms with Crippen LogP contribution in [-0.2, 0) is 4.79 Å². The number of benzene rings is 4. The maximum atomic E-state index is 12.9. The molecule has 0 radical (unpaired) electrons. The molecule has 4 aromatic carbocycles. The zero-order chi connectivity index (χ0) is 26.1. The molecule has 1 aromatic heterocycles. The van der Waals surface area contributed by atoms with Gasteiger partial charge in [-0.05, 0) is 66.9 Å². The SMILES string of the molecule is COc1c(/C(C)=C/C(=O)Nc2cccc(C(C)=O)c2)cc2c(-c3ccc4ccccc4c3)coc2c1C. The molecule has 0 atom stereocenters. The first kappa shape index (κ1) is 24.1. The summed E-state index contributed by atoms with van der Waals surface area (Å²) in [6.45, 7) is 5.33. The molecule has 0 spiro atoms. The molecule has 1 N–H and O–H groups in total. The van der Waals surface area contributed by atoms with Gasteiger partial charge in [-0.15, -0.1) is 0 Å². The number of anilines is 1. The van der Waals surface area contributed by atoms with Gasteiger partial charge in [-0.1, -0.05) is 48.5 Å². The summed E-state index contributed by atoms with van der Waals surface area (Å²) in [6.07, 6.45) is 3.32. The van der Waals surface area contributed by atoms with Crippen LogP contribution in [0.2, 0.25) is 0 Å². The van der Waals surface area contributed by atoms with E-state index in [1.165, 1.54) is 12.3 Å². The van der Waals surface area contributed by atoms with Crippen LogP contribution in [0, 0.1) is 6.92 Å². The standard InChI is InChI=1S/C32H27NO4/c1-19(14-30(35)33-26-11-7-10-23(16-26)21(3)34)27-17-28-29(18-37-32(28)20(2)31(27)36-4)25-13-12-22-8-5-6-9-24(22)15-25/h5-18H,1-4H3,(H,33,35)/b19-14+. The van der Waals surface area contributed by atoms with E-state index in [1.54, 1.807) is 43.7 Å². The van der Waals surface area contributed by atoms with E-state index in [0.29, 0.717) is 17.0 Å². The summed E-state index contributed by atoms with van der Waals surface area (Å²) in [4.78, 5) is 24.5. The molecular weight excluding hydrogens is 462 g/mol. The molecule has 0 bridgehead atoms. The molecule has 184 valence electrons. The number of allylic oxidation sites excluding steroid dienone is 1. The van der Waals surface area contributed by atoms with Crippen molar-refractivity contribution in [2.24, 2.45) is 0 Å². The second-order valence-corrected chi connectivity index (χ2v) is 9.12. The van der Waals surface area contributed by atoms with Crippen LogP contribution in [0.15, 0.2) is 89.6 Å². The highest BCUT2D eigenvalue weighted by Crippen LogP contribution is 2.41. The van der Waals surface area contributed by atoms with Crippen LogP contribution in [0.1, 0.15) is 35.3 Å². The van der Waals surface area contributed by atoms with E-state index in [0.717, 1.165) is 44.2 Å². The van der Waals surface area contributed by atoms with Gasteiger partial charge in [0.2, 0.25) is 5.91 Å².